The largest absolute Gasteiger partial charge is 0.356 e. The van der Waals surface area contributed by atoms with Gasteiger partial charge in [0, 0.05) is 26.2 Å². The van der Waals surface area contributed by atoms with Crippen molar-refractivity contribution in [3.8, 4) is 0 Å². The van der Waals surface area contributed by atoms with E-state index in [0.717, 1.165) is 24.8 Å². The summed E-state index contributed by atoms with van der Waals surface area (Å²) in [6, 6.07) is 0.482. The number of aliphatic imine (C=N–C) groups is 1. The van der Waals surface area contributed by atoms with Gasteiger partial charge < -0.3 is 15.5 Å². The molecule has 1 saturated heterocycles. The molecule has 1 fully saturated rings. The molecule has 2 unspecified atom stereocenters. The van der Waals surface area contributed by atoms with Gasteiger partial charge >= 0.3 is 0 Å². The summed E-state index contributed by atoms with van der Waals surface area (Å²) < 4.78 is 0. The van der Waals surface area contributed by atoms with Crippen molar-refractivity contribution in [2.45, 2.75) is 58.9 Å². The Balaban J connectivity index is 2.06. The Morgan fingerprint density at radius 3 is 2.85 bits per heavy atom. The molecule has 1 rings (SSSR count). The maximum absolute atomic E-state index is 4.26. The standard InChI is InChI=1S/C16H34N4/c1-5-15(3)19-16(17-4)18-10-6-7-11-20-12-8-9-14(2)13-20/h14-15H,5-13H2,1-4H3,(H2,17,18,19). The van der Waals surface area contributed by atoms with Crippen LogP contribution in [-0.4, -0.2) is 50.1 Å². The third-order valence-corrected chi connectivity index (χ3v) is 4.15. The Bertz CT molecular complexity index is 278. The van der Waals surface area contributed by atoms with E-state index in [1.807, 2.05) is 7.05 Å². The molecule has 0 amide bonds. The Kier molecular flexibility index (Phi) is 8.67. The number of piperidine rings is 1. The predicted molar refractivity (Wildman–Crippen MR) is 88.3 cm³/mol. The normalized spacial score (nSPS) is 22.6. The van der Waals surface area contributed by atoms with Crippen molar-refractivity contribution in [3.05, 3.63) is 0 Å². The van der Waals surface area contributed by atoms with E-state index in [1.54, 1.807) is 0 Å². The van der Waals surface area contributed by atoms with Crippen LogP contribution in [0.15, 0.2) is 4.99 Å². The zero-order valence-electron chi connectivity index (χ0n) is 13.9. The number of unbranched alkanes of at least 4 members (excludes halogenated alkanes) is 1. The molecule has 0 saturated carbocycles. The Morgan fingerprint density at radius 1 is 1.40 bits per heavy atom. The second-order valence-electron chi connectivity index (χ2n) is 6.21. The first-order valence-corrected chi connectivity index (χ1v) is 8.35. The zero-order chi connectivity index (χ0) is 14.8. The van der Waals surface area contributed by atoms with Crippen molar-refractivity contribution < 1.29 is 0 Å². The molecule has 2 N–H and O–H groups in total. The Hall–Kier alpha value is -0.770. The number of nitrogens with zero attached hydrogens (tertiary/aromatic N) is 2. The number of guanidine groups is 1. The topological polar surface area (TPSA) is 39.7 Å². The van der Waals surface area contributed by atoms with E-state index in [1.165, 1.54) is 45.3 Å². The monoisotopic (exact) mass is 282 g/mol. The highest BCUT2D eigenvalue weighted by Gasteiger charge is 2.15. The summed E-state index contributed by atoms with van der Waals surface area (Å²) in [4.78, 5) is 6.88. The molecule has 0 aliphatic carbocycles. The van der Waals surface area contributed by atoms with Crippen LogP contribution in [0.25, 0.3) is 0 Å². The second kappa shape index (κ2) is 10.0. The van der Waals surface area contributed by atoms with Crippen LogP contribution >= 0.6 is 0 Å². The molecule has 0 spiro atoms. The van der Waals surface area contributed by atoms with E-state index < -0.39 is 0 Å². The van der Waals surface area contributed by atoms with Crippen LogP contribution < -0.4 is 10.6 Å². The lowest BCUT2D eigenvalue weighted by atomic mass is 10.0. The summed E-state index contributed by atoms with van der Waals surface area (Å²) in [7, 11) is 1.84. The van der Waals surface area contributed by atoms with Gasteiger partial charge in [0.15, 0.2) is 5.96 Å². The third-order valence-electron chi connectivity index (χ3n) is 4.15. The first kappa shape index (κ1) is 17.3. The first-order chi connectivity index (χ1) is 9.65. The van der Waals surface area contributed by atoms with Gasteiger partial charge in [-0.1, -0.05) is 13.8 Å². The molecule has 2 atom stereocenters. The molecule has 1 heterocycles. The summed E-state index contributed by atoms with van der Waals surface area (Å²) in [6.07, 6.45) is 6.40. The highest BCUT2D eigenvalue weighted by molar-refractivity contribution is 5.79. The van der Waals surface area contributed by atoms with Gasteiger partial charge in [-0.05, 0) is 58.0 Å². The maximum Gasteiger partial charge on any atom is 0.191 e. The fourth-order valence-corrected chi connectivity index (χ4v) is 2.69. The average molecular weight is 282 g/mol. The molecule has 0 bridgehead atoms. The van der Waals surface area contributed by atoms with Crippen LogP contribution in [-0.2, 0) is 0 Å². The fraction of sp³-hybridized carbons (Fsp3) is 0.938. The lowest BCUT2D eigenvalue weighted by Crippen LogP contribution is -2.42. The number of hydrogen-bond acceptors (Lipinski definition) is 2. The molecule has 0 radical (unpaired) electrons. The van der Waals surface area contributed by atoms with Gasteiger partial charge in [0.25, 0.3) is 0 Å². The van der Waals surface area contributed by atoms with Gasteiger partial charge in [-0.3, -0.25) is 4.99 Å². The molecule has 118 valence electrons. The molecule has 0 aromatic heterocycles. The quantitative estimate of drug-likeness (QED) is 0.428. The lowest BCUT2D eigenvalue weighted by Gasteiger charge is -2.30. The fourth-order valence-electron chi connectivity index (χ4n) is 2.69. The van der Waals surface area contributed by atoms with Crippen LogP contribution in [0.1, 0.15) is 52.9 Å². The number of rotatable bonds is 7. The number of likely N-dealkylation sites (tertiary alicyclic amines) is 1. The molecule has 4 heteroatoms. The first-order valence-electron chi connectivity index (χ1n) is 8.35. The summed E-state index contributed by atoms with van der Waals surface area (Å²) in [5.74, 6) is 1.83. The van der Waals surface area contributed by atoms with Crippen molar-refractivity contribution in [2.75, 3.05) is 33.2 Å². The van der Waals surface area contributed by atoms with Crippen molar-refractivity contribution in [2.24, 2.45) is 10.9 Å². The van der Waals surface area contributed by atoms with Crippen LogP contribution in [0.2, 0.25) is 0 Å². The van der Waals surface area contributed by atoms with E-state index in [2.05, 4.69) is 41.3 Å². The second-order valence-corrected chi connectivity index (χ2v) is 6.21. The summed E-state index contributed by atoms with van der Waals surface area (Å²) in [5.41, 5.74) is 0. The van der Waals surface area contributed by atoms with Crippen molar-refractivity contribution in [1.29, 1.82) is 0 Å². The molecule has 1 aliphatic rings. The van der Waals surface area contributed by atoms with Gasteiger partial charge in [0.05, 0.1) is 0 Å². The molecular formula is C16H34N4. The average Bonchev–Trinajstić information content (AvgIpc) is 2.45. The van der Waals surface area contributed by atoms with E-state index in [-0.39, 0.29) is 0 Å². The lowest BCUT2D eigenvalue weighted by molar-refractivity contribution is 0.181. The van der Waals surface area contributed by atoms with E-state index in [4.69, 9.17) is 0 Å². The molecule has 1 aliphatic heterocycles. The minimum absolute atomic E-state index is 0.482. The minimum atomic E-state index is 0.482. The van der Waals surface area contributed by atoms with Gasteiger partial charge in [0.1, 0.15) is 0 Å². The van der Waals surface area contributed by atoms with Crippen molar-refractivity contribution in [1.82, 2.24) is 15.5 Å². The minimum Gasteiger partial charge on any atom is -0.356 e. The number of hydrogen-bond donors (Lipinski definition) is 2. The van der Waals surface area contributed by atoms with E-state index in [9.17, 15) is 0 Å². The molecule has 4 nitrogen and oxygen atoms in total. The maximum atomic E-state index is 4.26. The van der Waals surface area contributed by atoms with Gasteiger partial charge in [-0.2, -0.15) is 0 Å². The van der Waals surface area contributed by atoms with Crippen LogP contribution in [0.3, 0.4) is 0 Å². The smallest absolute Gasteiger partial charge is 0.191 e. The van der Waals surface area contributed by atoms with Crippen LogP contribution in [0.5, 0.6) is 0 Å². The third kappa shape index (κ3) is 7.13. The van der Waals surface area contributed by atoms with Gasteiger partial charge in [0.2, 0.25) is 0 Å². The van der Waals surface area contributed by atoms with Crippen LogP contribution in [0.4, 0.5) is 0 Å². The highest BCUT2D eigenvalue weighted by Crippen LogP contribution is 2.15. The van der Waals surface area contributed by atoms with E-state index >= 15 is 0 Å². The van der Waals surface area contributed by atoms with Crippen LogP contribution in [0, 0.1) is 5.92 Å². The molecular weight excluding hydrogens is 248 g/mol. The van der Waals surface area contributed by atoms with E-state index in [0.29, 0.717) is 6.04 Å². The predicted octanol–water partition coefficient (Wildman–Crippen LogP) is 2.46. The van der Waals surface area contributed by atoms with Crippen molar-refractivity contribution >= 4 is 5.96 Å². The zero-order valence-corrected chi connectivity index (χ0v) is 13.9. The Morgan fingerprint density at radius 2 is 2.20 bits per heavy atom. The highest BCUT2D eigenvalue weighted by atomic mass is 15.2. The SMILES string of the molecule is CCC(C)NC(=NC)NCCCCN1CCCC(C)C1. The van der Waals surface area contributed by atoms with Gasteiger partial charge in [-0.25, -0.2) is 0 Å². The summed E-state index contributed by atoms with van der Waals surface area (Å²) in [5, 5.41) is 6.79. The molecule has 20 heavy (non-hydrogen) atoms. The van der Waals surface area contributed by atoms with Gasteiger partial charge in [-0.15, -0.1) is 0 Å². The summed E-state index contributed by atoms with van der Waals surface area (Å²) >= 11 is 0. The molecule has 0 aromatic carbocycles. The molecule has 0 aromatic rings. The van der Waals surface area contributed by atoms with Crippen molar-refractivity contribution in [3.63, 3.8) is 0 Å². The summed E-state index contributed by atoms with van der Waals surface area (Å²) in [6.45, 7) is 11.6. The number of nitrogens with one attached hydrogen (secondary N) is 2. The Labute approximate surface area is 125 Å².